The molecule has 0 aliphatic heterocycles. The molecule has 0 radical (unpaired) electrons. The van der Waals surface area contributed by atoms with Gasteiger partial charge in [0.1, 0.15) is 11.6 Å². The smallest absolute Gasteiger partial charge is 0.146 e. The molecule has 98 valence electrons. The number of anilines is 1. The number of nitrogens with one attached hydrogen (secondary N) is 1. The number of hydrogen-bond donors (Lipinski definition) is 2. The van der Waals surface area contributed by atoms with Gasteiger partial charge in [0.15, 0.2) is 0 Å². The summed E-state index contributed by atoms with van der Waals surface area (Å²) >= 11 is 0. The summed E-state index contributed by atoms with van der Waals surface area (Å²) in [5, 5.41) is 16.1. The highest BCUT2D eigenvalue weighted by Crippen LogP contribution is 2.25. The van der Waals surface area contributed by atoms with Crippen LogP contribution < -0.4 is 5.43 Å². The van der Waals surface area contributed by atoms with Gasteiger partial charge in [-0.15, -0.1) is 0 Å². The summed E-state index contributed by atoms with van der Waals surface area (Å²) in [6.07, 6.45) is 3.29. The van der Waals surface area contributed by atoms with Gasteiger partial charge in [0.25, 0.3) is 0 Å². The van der Waals surface area contributed by atoms with Crippen LogP contribution >= 0.6 is 0 Å². The molecule has 20 heavy (non-hydrogen) atoms. The zero-order chi connectivity index (χ0) is 13.8. The van der Waals surface area contributed by atoms with Gasteiger partial charge in [-0.25, -0.2) is 4.98 Å². The maximum Gasteiger partial charge on any atom is 0.146 e. The van der Waals surface area contributed by atoms with Crippen molar-refractivity contribution in [2.75, 3.05) is 5.43 Å². The monoisotopic (exact) mass is 263 g/mol. The molecule has 2 N–H and O–H groups in total. The Bertz CT molecular complexity index is 754. The van der Waals surface area contributed by atoms with Gasteiger partial charge in [-0.05, 0) is 29.0 Å². The molecule has 3 aromatic rings. The van der Waals surface area contributed by atoms with Crippen LogP contribution in [0.15, 0.2) is 65.9 Å². The predicted molar refractivity (Wildman–Crippen MR) is 81.1 cm³/mol. The number of hydrogen-bond acceptors (Lipinski definition) is 4. The molecule has 0 unspecified atom stereocenters. The van der Waals surface area contributed by atoms with E-state index in [-0.39, 0.29) is 5.75 Å². The van der Waals surface area contributed by atoms with Crippen LogP contribution in [0.3, 0.4) is 0 Å². The topological polar surface area (TPSA) is 57.5 Å². The molecule has 0 amide bonds. The Labute approximate surface area is 116 Å². The van der Waals surface area contributed by atoms with E-state index >= 15 is 0 Å². The van der Waals surface area contributed by atoms with Gasteiger partial charge in [-0.3, -0.25) is 5.43 Å². The highest BCUT2D eigenvalue weighted by Gasteiger charge is 2.03. The van der Waals surface area contributed by atoms with E-state index in [9.17, 15) is 5.11 Å². The number of phenols is 1. The lowest BCUT2D eigenvalue weighted by atomic mass is 10.0. The van der Waals surface area contributed by atoms with Gasteiger partial charge >= 0.3 is 0 Å². The lowest BCUT2D eigenvalue weighted by molar-refractivity contribution is 0.475. The third-order valence-electron chi connectivity index (χ3n) is 2.99. The maximum absolute atomic E-state index is 9.97. The zero-order valence-corrected chi connectivity index (χ0v) is 10.7. The van der Waals surface area contributed by atoms with Crippen molar-refractivity contribution in [3.05, 3.63) is 66.4 Å². The number of aromatic hydroxyl groups is 1. The van der Waals surface area contributed by atoms with Crippen molar-refractivity contribution in [2.24, 2.45) is 5.10 Å². The van der Waals surface area contributed by atoms with Crippen LogP contribution in [-0.2, 0) is 0 Å². The number of aromatic nitrogens is 1. The molecule has 1 heterocycles. The minimum Gasteiger partial charge on any atom is -0.507 e. The molecule has 0 aliphatic rings. The minimum absolute atomic E-state index is 0.204. The van der Waals surface area contributed by atoms with Crippen LogP contribution in [0, 0.1) is 0 Å². The lowest BCUT2D eigenvalue weighted by Crippen LogP contribution is -1.93. The van der Waals surface area contributed by atoms with Crippen LogP contribution in [0.2, 0.25) is 0 Å². The van der Waals surface area contributed by atoms with Crippen molar-refractivity contribution in [1.29, 1.82) is 0 Å². The molecule has 0 saturated carbocycles. The average molecular weight is 263 g/mol. The third kappa shape index (κ3) is 2.44. The van der Waals surface area contributed by atoms with Crippen LogP contribution in [0.25, 0.3) is 10.8 Å². The quantitative estimate of drug-likeness (QED) is 0.562. The highest BCUT2D eigenvalue weighted by atomic mass is 16.3. The lowest BCUT2D eigenvalue weighted by Gasteiger charge is -2.04. The first-order valence-electron chi connectivity index (χ1n) is 6.25. The minimum atomic E-state index is 0.204. The molecule has 4 nitrogen and oxygen atoms in total. The number of nitrogens with zero attached hydrogens (tertiary/aromatic N) is 2. The molecule has 0 fully saturated rings. The number of rotatable bonds is 3. The fraction of sp³-hybridized carbons (Fsp3) is 0. The predicted octanol–water partition coefficient (Wildman–Crippen LogP) is 3.39. The molecule has 3 rings (SSSR count). The van der Waals surface area contributed by atoms with E-state index in [1.165, 1.54) is 0 Å². The molecule has 0 saturated heterocycles. The SMILES string of the molecule is Oc1ccc2ccccc2c1C=NNc1ccccn1. The molecule has 0 bridgehead atoms. The summed E-state index contributed by atoms with van der Waals surface area (Å²) in [7, 11) is 0. The molecule has 2 aromatic carbocycles. The van der Waals surface area contributed by atoms with Crippen molar-refractivity contribution >= 4 is 22.8 Å². The maximum atomic E-state index is 9.97. The first-order valence-corrected chi connectivity index (χ1v) is 6.25. The fourth-order valence-electron chi connectivity index (χ4n) is 2.01. The normalized spacial score (nSPS) is 11.0. The Kier molecular flexibility index (Phi) is 3.29. The van der Waals surface area contributed by atoms with E-state index in [4.69, 9.17) is 0 Å². The Balaban J connectivity index is 1.92. The van der Waals surface area contributed by atoms with E-state index in [1.807, 2.05) is 48.5 Å². The fourth-order valence-corrected chi connectivity index (χ4v) is 2.01. The Hall–Kier alpha value is -2.88. The zero-order valence-electron chi connectivity index (χ0n) is 10.7. The molecular weight excluding hydrogens is 250 g/mol. The van der Waals surface area contributed by atoms with Crippen LogP contribution in [0.1, 0.15) is 5.56 Å². The summed E-state index contributed by atoms with van der Waals surface area (Å²) in [6.45, 7) is 0. The van der Waals surface area contributed by atoms with E-state index < -0.39 is 0 Å². The van der Waals surface area contributed by atoms with Gasteiger partial charge in [0, 0.05) is 11.8 Å². The van der Waals surface area contributed by atoms with Gasteiger partial charge in [-0.1, -0.05) is 36.4 Å². The van der Waals surface area contributed by atoms with E-state index in [0.29, 0.717) is 11.4 Å². The molecule has 0 spiro atoms. The van der Waals surface area contributed by atoms with Crippen molar-refractivity contribution in [3.63, 3.8) is 0 Å². The van der Waals surface area contributed by atoms with Gasteiger partial charge < -0.3 is 5.11 Å². The summed E-state index contributed by atoms with van der Waals surface area (Å²) in [5.41, 5.74) is 3.52. The standard InChI is InChI=1S/C16H13N3O/c20-15-9-8-12-5-1-2-6-13(12)14(15)11-18-19-16-7-3-4-10-17-16/h1-11,20H,(H,17,19). The number of phenolic OH excluding ortho intramolecular Hbond substituents is 1. The highest BCUT2D eigenvalue weighted by molar-refractivity contribution is 6.02. The summed E-state index contributed by atoms with van der Waals surface area (Å²) in [5.74, 6) is 0.860. The molecule has 4 heteroatoms. The first-order chi connectivity index (χ1) is 9.84. The summed E-state index contributed by atoms with van der Waals surface area (Å²) < 4.78 is 0. The number of benzene rings is 2. The van der Waals surface area contributed by atoms with Gasteiger partial charge in [-0.2, -0.15) is 5.10 Å². The number of pyridine rings is 1. The van der Waals surface area contributed by atoms with Crippen molar-refractivity contribution in [2.45, 2.75) is 0 Å². The average Bonchev–Trinajstić information content (AvgIpc) is 2.50. The van der Waals surface area contributed by atoms with Crippen molar-refractivity contribution in [3.8, 4) is 5.75 Å². The molecule has 0 atom stereocenters. The number of hydrazone groups is 1. The second-order valence-electron chi connectivity index (χ2n) is 4.30. The summed E-state index contributed by atoms with van der Waals surface area (Å²) in [4.78, 5) is 4.11. The van der Waals surface area contributed by atoms with Crippen LogP contribution in [0.5, 0.6) is 5.75 Å². The second-order valence-corrected chi connectivity index (χ2v) is 4.30. The molecule has 1 aromatic heterocycles. The van der Waals surface area contributed by atoms with Crippen LogP contribution in [-0.4, -0.2) is 16.3 Å². The summed E-state index contributed by atoms with van der Waals surface area (Å²) in [6, 6.07) is 16.9. The van der Waals surface area contributed by atoms with Crippen molar-refractivity contribution < 1.29 is 5.11 Å². The molecular formula is C16H13N3O. The van der Waals surface area contributed by atoms with Crippen molar-refractivity contribution in [1.82, 2.24) is 4.98 Å². The Morgan fingerprint density at radius 2 is 1.85 bits per heavy atom. The van der Waals surface area contributed by atoms with E-state index in [1.54, 1.807) is 18.5 Å². The Morgan fingerprint density at radius 1 is 1.00 bits per heavy atom. The largest absolute Gasteiger partial charge is 0.507 e. The second kappa shape index (κ2) is 5.40. The van der Waals surface area contributed by atoms with E-state index in [0.717, 1.165) is 10.8 Å². The van der Waals surface area contributed by atoms with Crippen LogP contribution in [0.4, 0.5) is 5.82 Å². The Morgan fingerprint density at radius 3 is 2.70 bits per heavy atom. The van der Waals surface area contributed by atoms with Gasteiger partial charge in [0.2, 0.25) is 0 Å². The molecule has 0 aliphatic carbocycles. The van der Waals surface area contributed by atoms with Gasteiger partial charge in [0.05, 0.1) is 6.21 Å². The first kappa shape index (κ1) is 12.2. The number of fused-ring (bicyclic) bond motifs is 1. The van der Waals surface area contributed by atoms with E-state index in [2.05, 4.69) is 15.5 Å². The third-order valence-corrected chi connectivity index (χ3v) is 2.99.